The molecule has 176 valence electrons. The van der Waals surface area contributed by atoms with E-state index in [2.05, 4.69) is 10.4 Å². The first-order valence-corrected chi connectivity index (χ1v) is 11.3. The number of benzene rings is 4. The first-order chi connectivity index (χ1) is 17.0. The van der Waals surface area contributed by atoms with E-state index < -0.39 is 12.5 Å². The minimum Gasteiger partial charge on any atom is -0.456 e. The molecule has 1 atom stereocenters. The third-order valence-corrected chi connectivity index (χ3v) is 5.87. The molecule has 0 bridgehead atoms. The molecule has 6 nitrogen and oxygen atoms in total. The second-order valence-electron chi connectivity index (χ2n) is 8.46. The van der Waals surface area contributed by atoms with Crippen LogP contribution in [0, 0.1) is 5.82 Å². The highest BCUT2D eigenvalue weighted by molar-refractivity contribution is 5.90. The zero-order valence-electron chi connectivity index (χ0n) is 19.1. The number of halogens is 1. The van der Waals surface area contributed by atoms with Gasteiger partial charge in [0.15, 0.2) is 0 Å². The van der Waals surface area contributed by atoms with Gasteiger partial charge in [0, 0.05) is 16.8 Å². The van der Waals surface area contributed by atoms with E-state index in [9.17, 15) is 9.18 Å². The number of nitrogens with one attached hydrogen (secondary N) is 1. The molecule has 1 amide bonds. The summed E-state index contributed by atoms with van der Waals surface area (Å²) < 4.78 is 21.5. The van der Waals surface area contributed by atoms with Gasteiger partial charge < -0.3 is 15.2 Å². The Balaban J connectivity index is 1.50. The van der Waals surface area contributed by atoms with E-state index in [1.54, 1.807) is 23.0 Å². The Morgan fingerprint density at radius 3 is 2.66 bits per heavy atom. The van der Waals surface area contributed by atoms with Crippen LogP contribution in [0.15, 0.2) is 85.1 Å². The van der Waals surface area contributed by atoms with Crippen LogP contribution in [0.1, 0.15) is 12.5 Å². The molecule has 0 aliphatic heterocycles. The smallest absolute Gasteiger partial charge is 0.245 e. The Bertz CT molecular complexity index is 1510. The molecule has 0 saturated heterocycles. The van der Waals surface area contributed by atoms with Gasteiger partial charge in [0.1, 0.15) is 23.9 Å². The van der Waals surface area contributed by atoms with Crippen molar-refractivity contribution in [2.24, 2.45) is 0 Å². The summed E-state index contributed by atoms with van der Waals surface area (Å²) in [4.78, 5) is 11.6. The van der Waals surface area contributed by atoms with Gasteiger partial charge >= 0.3 is 0 Å². The number of nitrogens with zero attached hydrogens (tertiary/aromatic N) is 2. The van der Waals surface area contributed by atoms with Crippen molar-refractivity contribution in [1.29, 1.82) is 0 Å². The molecule has 0 saturated carbocycles. The first-order valence-electron chi connectivity index (χ1n) is 11.3. The van der Waals surface area contributed by atoms with Crippen molar-refractivity contribution < 1.29 is 19.0 Å². The van der Waals surface area contributed by atoms with Gasteiger partial charge in [-0.3, -0.25) is 4.79 Å². The van der Waals surface area contributed by atoms with E-state index in [1.807, 2.05) is 61.5 Å². The van der Waals surface area contributed by atoms with Crippen LogP contribution in [0.3, 0.4) is 0 Å². The monoisotopic (exact) mass is 469 g/mol. The van der Waals surface area contributed by atoms with Crippen LogP contribution in [0.5, 0.6) is 11.5 Å². The second kappa shape index (κ2) is 9.56. The number of carbonyl (C=O) groups is 1. The fourth-order valence-corrected chi connectivity index (χ4v) is 4.25. The number of ether oxygens (including phenoxy) is 1. The van der Waals surface area contributed by atoms with Crippen molar-refractivity contribution >= 4 is 27.6 Å². The summed E-state index contributed by atoms with van der Waals surface area (Å²) >= 11 is 0. The molecule has 2 N–H and O–H groups in total. The van der Waals surface area contributed by atoms with Gasteiger partial charge in [0.25, 0.3) is 0 Å². The standard InChI is InChI=1S/C28H24FN3O3/c1-18(31-27(34)17-33)14-20-7-6-19-4-2-3-5-25(19)28(20)35-24-12-13-26-21(15-24)16-30-32(26)23-10-8-22(29)9-11-23/h2-13,15-16,18,33H,14,17H2,1H3,(H,31,34)/t18-/m0/s1. The maximum absolute atomic E-state index is 13.3. The van der Waals surface area contributed by atoms with E-state index in [4.69, 9.17) is 9.84 Å². The number of hydrogen-bond acceptors (Lipinski definition) is 4. The maximum Gasteiger partial charge on any atom is 0.245 e. The third-order valence-electron chi connectivity index (χ3n) is 5.87. The topological polar surface area (TPSA) is 76.4 Å². The SMILES string of the molecule is C[C@@H](Cc1ccc2ccccc2c1Oc1ccc2c(cnn2-c2ccc(F)cc2)c1)NC(=O)CO. The summed E-state index contributed by atoms with van der Waals surface area (Å²) in [6.45, 7) is 1.35. The van der Waals surface area contributed by atoms with Crippen LogP contribution in [-0.4, -0.2) is 33.4 Å². The number of aliphatic hydroxyl groups excluding tert-OH is 1. The van der Waals surface area contributed by atoms with Gasteiger partial charge in [0.05, 0.1) is 17.4 Å². The molecule has 5 aromatic rings. The average molecular weight is 470 g/mol. The van der Waals surface area contributed by atoms with Crippen LogP contribution < -0.4 is 10.1 Å². The van der Waals surface area contributed by atoms with Gasteiger partial charge in [-0.2, -0.15) is 5.10 Å². The van der Waals surface area contributed by atoms with E-state index >= 15 is 0 Å². The molecule has 0 fully saturated rings. The maximum atomic E-state index is 13.3. The van der Waals surface area contributed by atoms with Gasteiger partial charge in [-0.25, -0.2) is 9.07 Å². The predicted molar refractivity (Wildman–Crippen MR) is 133 cm³/mol. The highest BCUT2D eigenvalue weighted by Gasteiger charge is 2.15. The Labute approximate surface area is 201 Å². The van der Waals surface area contributed by atoms with E-state index in [1.165, 1.54) is 12.1 Å². The number of aromatic nitrogens is 2. The van der Waals surface area contributed by atoms with Gasteiger partial charge in [-0.05, 0) is 66.8 Å². The fraction of sp³-hybridized carbons (Fsp3) is 0.143. The van der Waals surface area contributed by atoms with Crippen molar-refractivity contribution in [2.75, 3.05) is 6.61 Å². The largest absolute Gasteiger partial charge is 0.456 e. The lowest BCUT2D eigenvalue weighted by molar-refractivity contribution is -0.124. The van der Waals surface area contributed by atoms with E-state index in [-0.39, 0.29) is 11.9 Å². The summed E-state index contributed by atoms with van der Waals surface area (Å²) in [7, 11) is 0. The predicted octanol–water partition coefficient (Wildman–Crippen LogP) is 5.15. The molecule has 7 heteroatoms. The number of carbonyl (C=O) groups excluding carboxylic acids is 1. The van der Waals surface area contributed by atoms with Gasteiger partial charge in [-0.15, -0.1) is 0 Å². The second-order valence-corrected chi connectivity index (χ2v) is 8.46. The number of amides is 1. The summed E-state index contributed by atoms with van der Waals surface area (Å²) in [5, 5.41) is 19.2. The summed E-state index contributed by atoms with van der Waals surface area (Å²) in [6, 6.07) is 23.8. The van der Waals surface area contributed by atoms with E-state index in [0.29, 0.717) is 12.2 Å². The minimum atomic E-state index is -0.545. The lowest BCUT2D eigenvalue weighted by Gasteiger charge is -2.18. The summed E-state index contributed by atoms with van der Waals surface area (Å²) in [5.74, 6) is 0.667. The molecule has 0 aliphatic rings. The van der Waals surface area contributed by atoms with Crippen LogP contribution in [-0.2, 0) is 11.2 Å². The normalized spacial score (nSPS) is 12.1. The number of hydrogen-bond donors (Lipinski definition) is 2. The molecule has 1 aromatic heterocycles. The highest BCUT2D eigenvalue weighted by atomic mass is 19.1. The zero-order valence-corrected chi connectivity index (χ0v) is 19.1. The molecule has 0 aliphatic carbocycles. The number of aliphatic hydroxyl groups is 1. The van der Waals surface area contributed by atoms with Crippen molar-refractivity contribution in [3.63, 3.8) is 0 Å². The molecular formula is C28H24FN3O3. The molecule has 0 spiro atoms. The van der Waals surface area contributed by atoms with Crippen molar-refractivity contribution in [3.05, 3.63) is 96.4 Å². The zero-order chi connectivity index (χ0) is 24.4. The molecule has 4 aromatic carbocycles. The quantitative estimate of drug-likeness (QED) is 0.346. The van der Waals surface area contributed by atoms with Gasteiger partial charge in [0.2, 0.25) is 5.91 Å². The Kier molecular flexibility index (Phi) is 6.16. The van der Waals surface area contributed by atoms with Crippen LogP contribution in [0.2, 0.25) is 0 Å². The molecular weight excluding hydrogens is 445 g/mol. The summed E-state index contributed by atoms with van der Waals surface area (Å²) in [6.07, 6.45) is 2.29. The molecule has 0 unspecified atom stereocenters. The Morgan fingerprint density at radius 1 is 1.06 bits per heavy atom. The number of rotatable bonds is 7. The molecule has 1 heterocycles. The summed E-state index contributed by atoms with van der Waals surface area (Å²) in [5.41, 5.74) is 2.59. The average Bonchev–Trinajstić information content (AvgIpc) is 3.29. The fourth-order valence-electron chi connectivity index (χ4n) is 4.25. The third kappa shape index (κ3) is 4.72. The lowest BCUT2D eigenvalue weighted by atomic mass is 10.0. The van der Waals surface area contributed by atoms with Crippen molar-refractivity contribution in [3.8, 4) is 17.2 Å². The van der Waals surface area contributed by atoms with Crippen LogP contribution in [0.4, 0.5) is 4.39 Å². The number of fused-ring (bicyclic) bond motifs is 2. The van der Waals surface area contributed by atoms with E-state index in [0.717, 1.165) is 38.7 Å². The minimum absolute atomic E-state index is 0.186. The Hall–Kier alpha value is -4.23. The van der Waals surface area contributed by atoms with Crippen molar-refractivity contribution in [1.82, 2.24) is 15.1 Å². The Morgan fingerprint density at radius 2 is 1.86 bits per heavy atom. The highest BCUT2D eigenvalue weighted by Crippen LogP contribution is 2.35. The van der Waals surface area contributed by atoms with Gasteiger partial charge in [-0.1, -0.05) is 36.4 Å². The van der Waals surface area contributed by atoms with Crippen LogP contribution in [0.25, 0.3) is 27.4 Å². The lowest BCUT2D eigenvalue weighted by Crippen LogP contribution is -2.35. The van der Waals surface area contributed by atoms with Crippen molar-refractivity contribution in [2.45, 2.75) is 19.4 Å². The molecule has 0 radical (unpaired) electrons. The molecule has 5 rings (SSSR count). The molecule has 35 heavy (non-hydrogen) atoms. The first kappa shape index (κ1) is 22.6. The van der Waals surface area contributed by atoms with Crippen LogP contribution >= 0.6 is 0 Å².